The normalized spacial score (nSPS) is 13.3. The van der Waals surface area contributed by atoms with Crippen molar-refractivity contribution < 1.29 is 8.78 Å². The third-order valence-electron chi connectivity index (χ3n) is 4.33. The predicted octanol–water partition coefficient (Wildman–Crippen LogP) is 2.65. The number of guanidine groups is 4. The van der Waals surface area contributed by atoms with Crippen molar-refractivity contribution in [3.8, 4) is 0 Å². The van der Waals surface area contributed by atoms with E-state index in [2.05, 4.69) is 37.5 Å². The summed E-state index contributed by atoms with van der Waals surface area (Å²) in [5, 5.41) is 5.58. The second kappa shape index (κ2) is 13.4. The van der Waals surface area contributed by atoms with Gasteiger partial charge in [-0.3, -0.25) is 0 Å². The molecule has 2 aromatic carbocycles. The summed E-state index contributed by atoms with van der Waals surface area (Å²) >= 11 is 0. The first kappa shape index (κ1) is 26.0. The van der Waals surface area contributed by atoms with Crippen LogP contribution in [0.4, 0.5) is 20.2 Å². The fraction of sp³-hybridized carbons (Fsp3) is 0.273. The lowest BCUT2D eigenvalue weighted by Gasteiger charge is -2.10. The standard InChI is InChI=1S/C22H30F2N10/c1-2-3-4-5-18(31-21(27)33-19(25)29-16-10-6-14(23)7-11-16)32-22(28)34-20(26)30-17-12-8-15(24)9-13-17/h6-13,18H,2-5H2,1H3,(H5,25,27,29,31,33)(H5,26,28,30,32,34). The summed E-state index contributed by atoms with van der Waals surface area (Å²) in [6.45, 7) is 2.07. The molecule has 12 heteroatoms. The van der Waals surface area contributed by atoms with Crippen molar-refractivity contribution in [1.29, 1.82) is 0 Å². The van der Waals surface area contributed by atoms with Gasteiger partial charge in [0.2, 0.25) is 23.8 Å². The number of unbranched alkanes of at least 4 members (excludes halogenated alkanes) is 2. The Bertz CT molecular complexity index is 951. The van der Waals surface area contributed by atoms with Crippen LogP contribution in [0.3, 0.4) is 0 Å². The molecule has 0 atom stereocenters. The number of benzene rings is 2. The summed E-state index contributed by atoms with van der Waals surface area (Å²) in [6.07, 6.45) is 2.70. The first-order valence-electron chi connectivity index (χ1n) is 10.6. The van der Waals surface area contributed by atoms with Crippen LogP contribution in [0.5, 0.6) is 0 Å². The van der Waals surface area contributed by atoms with Gasteiger partial charge in [-0.1, -0.05) is 19.8 Å². The van der Waals surface area contributed by atoms with E-state index in [-0.39, 0.29) is 35.5 Å². The summed E-state index contributed by atoms with van der Waals surface area (Å²) in [5.74, 6) is -1.03. The average molecular weight is 473 g/mol. The number of nitrogens with two attached hydrogens (primary N) is 4. The molecule has 0 fully saturated rings. The Morgan fingerprint density at radius 1 is 0.735 bits per heavy atom. The molecular formula is C22H30F2N10. The van der Waals surface area contributed by atoms with Crippen LogP contribution in [0.15, 0.2) is 68.5 Å². The van der Waals surface area contributed by atoms with Crippen molar-refractivity contribution in [3.63, 3.8) is 0 Å². The van der Waals surface area contributed by atoms with Gasteiger partial charge in [0.15, 0.2) is 0 Å². The van der Waals surface area contributed by atoms with Gasteiger partial charge in [-0.05, 0) is 61.4 Å². The molecule has 182 valence electrons. The second-order valence-corrected chi connectivity index (χ2v) is 7.21. The quantitative estimate of drug-likeness (QED) is 0.195. The van der Waals surface area contributed by atoms with E-state index in [1.165, 1.54) is 48.5 Å². The number of aliphatic imine (C=N–C) groups is 4. The highest BCUT2D eigenvalue weighted by atomic mass is 19.1. The summed E-state index contributed by atoms with van der Waals surface area (Å²) in [6, 6.07) is 11.2. The summed E-state index contributed by atoms with van der Waals surface area (Å²) < 4.78 is 26.1. The Labute approximate surface area is 197 Å². The number of nitrogens with one attached hydrogen (secondary N) is 2. The first-order chi connectivity index (χ1) is 16.2. The van der Waals surface area contributed by atoms with Crippen LogP contribution in [0.1, 0.15) is 32.6 Å². The molecule has 0 radical (unpaired) electrons. The van der Waals surface area contributed by atoms with Crippen molar-refractivity contribution in [3.05, 3.63) is 60.2 Å². The maximum Gasteiger partial charge on any atom is 0.220 e. The molecule has 0 saturated heterocycles. The van der Waals surface area contributed by atoms with Crippen LogP contribution >= 0.6 is 0 Å². The topological polar surface area (TPSA) is 178 Å². The van der Waals surface area contributed by atoms with Crippen LogP contribution in [0.2, 0.25) is 0 Å². The van der Waals surface area contributed by atoms with Crippen LogP contribution in [0.25, 0.3) is 0 Å². The van der Waals surface area contributed by atoms with Gasteiger partial charge in [-0.25, -0.2) is 18.8 Å². The molecule has 10 nitrogen and oxygen atoms in total. The average Bonchev–Trinajstić information content (AvgIpc) is 2.76. The molecule has 0 bridgehead atoms. The van der Waals surface area contributed by atoms with Crippen LogP contribution in [-0.4, -0.2) is 30.0 Å². The zero-order valence-corrected chi connectivity index (χ0v) is 18.9. The molecule has 2 aromatic rings. The van der Waals surface area contributed by atoms with E-state index < -0.39 is 6.17 Å². The van der Waals surface area contributed by atoms with E-state index in [4.69, 9.17) is 22.9 Å². The highest BCUT2D eigenvalue weighted by Crippen LogP contribution is 2.10. The van der Waals surface area contributed by atoms with E-state index in [1.807, 2.05) is 0 Å². The van der Waals surface area contributed by atoms with E-state index in [9.17, 15) is 8.78 Å². The number of hydrogen-bond donors (Lipinski definition) is 6. The fourth-order valence-electron chi connectivity index (χ4n) is 2.76. The molecule has 0 saturated carbocycles. The second-order valence-electron chi connectivity index (χ2n) is 7.21. The molecule has 0 spiro atoms. The number of rotatable bonds is 8. The molecule has 0 amide bonds. The highest BCUT2D eigenvalue weighted by molar-refractivity contribution is 6.01. The molecular weight excluding hydrogens is 442 g/mol. The van der Waals surface area contributed by atoms with Gasteiger partial charge in [-0.15, -0.1) is 0 Å². The number of nitrogens with zero attached hydrogens (tertiary/aromatic N) is 4. The zero-order chi connectivity index (χ0) is 24.9. The van der Waals surface area contributed by atoms with Crippen LogP contribution in [0, 0.1) is 11.6 Å². The highest BCUT2D eigenvalue weighted by Gasteiger charge is 2.08. The fourth-order valence-corrected chi connectivity index (χ4v) is 2.76. The summed E-state index contributed by atoms with van der Waals surface area (Å²) in [5.41, 5.74) is 24.6. The lowest BCUT2D eigenvalue weighted by molar-refractivity contribution is 0.577. The van der Waals surface area contributed by atoms with Crippen LogP contribution in [-0.2, 0) is 0 Å². The summed E-state index contributed by atoms with van der Waals surface area (Å²) in [4.78, 5) is 16.5. The van der Waals surface area contributed by atoms with Gasteiger partial charge in [-0.2, -0.15) is 9.98 Å². The lowest BCUT2D eigenvalue weighted by atomic mass is 10.2. The third kappa shape index (κ3) is 9.94. The largest absolute Gasteiger partial charge is 0.369 e. The SMILES string of the molecule is CCCCCC(/N=C(N)/N=C(\N)Nc1ccc(F)cc1)/N=C(N)/N=C(\N)Nc1ccc(F)cc1. The van der Waals surface area contributed by atoms with Crippen molar-refractivity contribution >= 4 is 35.2 Å². The van der Waals surface area contributed by atoms with Gasteiger partial charge >= 0.3 is 0 Å². The van der Waals surface area contributed by atoms with Gasteiger partial charge in [0.05, 0.1) is 0 Å². The lowest BCUT2D eigenvalue weighted by Crippen LogP contribution is -2.28. The van der Waals surface area contributed by atoms with Crippen molar-refractivity contribution in [2.45, 2.75) is 38.8 Å². The molecule has 2 rings (SSSR count). The van der Waals surface area contributed by atoms with Crippen molar-refractivity contribution in [1.82, 2.24) is 0 Å². The molecule has 0 heterocycles. The summed E-state index contributed by atoms with van der Waals surface area (Å²) in [7, 11) is 0. The van der Waals surface area contributed by atoms with Gasteiger partial charge in [0.25, 0.3) is 0 Å². The number of hydrogen-bond acceptors (Lipinski definition) is 2. The molecule has 0 unspecified atom stereocenters. The van der Waals surface area contributed by atoms with Gasteiger partial charge < -0.3 is 33.6 Å². The predicted molar refractivity (Wildman–Crippen MR) is 134 cm³/mol. The van der Waals surface area contributed by atoms with Crippen molar-refractivity contribution in [2.75, 3.05) is 10.6 Å². The van der Waals surface area contributed by atoms with E-state index >= 15 is 0 Å². The van der Waals surface area contributed by atoms with E-state index in [0.717, 1.165) is 19.3 Å². The maximum atomic E-state index is 13.0. The maximum absolute atomic E-state index is 13.0. The molecule has 10 N–H and O–H groups in total. The molecule has 0 aliphatic heterocycles. The van der Waals surface area contributed by atoms with E-state index in [0.29, 0.717) is 17.8 Å². The van der Waals surface area contributed by atoms with Gasteiger partial charge in [0.1, 0.15) is 17.8 Å². The van der Waals surface area contributed by atoms with Crippen LogP contribution < -0.4 is 33.6 Å². The minimum Gasteiger partial charge on any atom is -0.369 e. The Morgan fingerprint density at radius 2 is 1.15 bits per heavy atom. The Balaban J connectivity index is 2.11. The van der Waals surface area contributed by atoms with Crippen molar-refractivity contribution in [2.24, 2.45) is 42.9 Å². The minimum absolute atomic E-state index is 0.0251. The zero-order valence-electron chi connectivity index (χ0n) is 18.9. The number of halogens is 2. The first-order valence-corrected chi connectivity index (χ1v) is 10.6. The van der Waals surface area contributed by atoms with E-state index in [1.54, 1.807) is 0 Å². The Kier molecular flexibility index (Phi) is 10.2. The molecule has 34 heavy (non-hydrogen) atoms. The smallest absolute Gasteiger partial charge is 0.220 e. The third-order valence-corrected chi connectivity index (χ3v) is 4.33. The number of anilines is 2. The Hall–Kier alpha value is -4.22. The minimum atomic E-state index is -0.656. The monoisotopic (exact) mass is 472 g/mol. The van der Waals surface area contributed by atoms with Gasteiger partial charge in [0, 0.05) is 11.4 Å². The molecule has 0 aliphatic rings. The molecule has 0 aromatic heterocycles. The molecule has 0 aliphatic carbocycles. The Morgan fingerprint density at radius 3 is 1.53 bits per heavy atom.